The number of thioether (sulfide) groups is 1. The average molecular weight is 426 g/mol. The molecule has 0 bridgehead atoms. The lowest BCUT2D eigenvalue weighted by molar-refractivity contribution is -0.133. The van der Waals surface area contributed by atoms with Gasteiger partial charge in [0.25, 0.3) is 5.91 Å². The molecule has 0 radical (unpaired) electrons. The van der Waals surface area contributed by atoms with Gasteiger partial charge in [0.1, 0.15) is 0 Å². The molecule has 0 saturated carbocycles. The van der Waals surface area contributed by atoms with Gasteiger partial charge >= 0.3 is 0 Å². The van der Waals surface area contributed by atoms with Crippen LogP contribution in [-0.4, -0.2) is 52.0 Å². The number of carbonyl (C=O) groups is 2. The minimum Gasteiger partial charge on any atom is -0.347 e. The molecule has 0 spiro atoms. The van der Waals surface area contributed by atoms with E-state index in [1.54, 1.807) is 29.4 Å². The highest BCUT2D eigenvalue weighted by Crippen LogP contribution is 2.23. The molecule has 30 heavy (non-hydrogen) atoms. The van der Waals surface area contributed by atoms with E-state index >= 15 is 0 Å². The molecule has 2 atom stereocenters. The topological polar surface area (TPSA) is 108 Å². The molecule has 4 N–H and O–H groups in total. The van der Waals surface area contributed by atoms with Crippen molar-refractivity contribution in [3.8, 4) is 0 Å². The third-order valence-corrected chi connectivity index (χ3v) is 6.01. The Labute approximate surface area is 178 Å². The molecule has 1 aliphatic rings. The van der Waals surface area contributed by atoms with Crippen molar-refractivity contribution in [2.75, 3.05) is 19.3 Å². The van der Waals surface area contributed by atoms with Gasteiger partial charge in [0, 0.05) is 18.7 Å². The number of nitrogens with one attached hydrogen (secondary N) is 3. The molecule has 2 heterocycles. The number of amides is 2. The summed E-state index contributed by atoms with van der Waals surface area (Å²) in [5.41, 5.74) is 5.28. The van der Waals surface area contributed by atoms with E-state index in [2.05, 4.69) is 26.3 Å². The lowest BCUT2D eigenvalue weighted by Gasteiger charge is -2.18. The molecule has 3 aromatic rings. The number of hydrogen-bond donors (Lipinski definition) is 4. The summed E-state index contributed by atoms with van der Waals surface area (Å²) in [5, 5.41) is 15.7. The maximum absolute atomic E-state index is 12.6. The summed E-state index contributed by atoms with van der Waals surface area (Å²) in [6, 6.07) is 15.1. The highest BCUT2D eigenvalue weighted by atomic mass is 32.2. The van der Waals surface area contributed by atoms with E-state index in [1.807, 2.05) is 36.6 Å². The summed E-state index contributed by atoms with van der Waals surface area (Å²) in [7, 11) is 0. The van der Waals surface area contributed by atoms with Crippen LogP contribution in [0.3, 0.4) is 0 Å². The number of para-hydroxylation sites is 2. The van der Waals surface area contributed by atoms with E-state index in [4.69, 9.17) is 5.21 Å². The summed E-state index contributed by atoms with van der Waals surface area (Å²) in [6.45, 7) is 1.55. The normalized spacial score (nSPS) is 18.5. The van der Waals surface area contributed by atoms with Gasteiger partial charge < -0.3 is 15.2 Å². The second-order valence-corrected chi connectivity index (χ2v) is 7.96. The highest BCUT2D eigenvalue weighted by molar-refractivity contribution is 7.98. The molecule has 4 rings (SSSR count). The zero-order valence-electron chi connectivity index (χ0n) is 16.5. The Hall–Kier alpha value is -2.88. The van der Waals surface area contributed by atoms with Crippen molar-refractivity contribution in [2.45, 2.75) is 17.7 Å². The fourth-order valence-corrected chi connectivity index (χ4v) is 4.32. The molecule has 1 aromatic heterocycles. The van der Waals surface area contributed by atoms with E-state index < -0.39 is 11.8 Å². The van der Waals surface area contributed by atoms with Crippen molar-refractivity contribution >= 4 is 34.6 Å². The Kier molecular flexibility index (Phi) is 6.03. The van der Waals surface area contributed by atoms with Gasteiger partial charge in [0.15, 0.2) is 5.16 Å². The molecule has 2 aromatic carbocycles. The second kappa shape index (κ2) is 8.86. The first kappa shape index (κ1) is 20.4. The van der Waals surface area contributed by atoms with Gasteiger partial charge in [-0.15, -0.1) is 0 Å². The number of fused-ring (bicyclic) bond motifs is 1. The number of nitrogens with zero attached hydrogens (tertiary/aromatic N) is 2. The molecule has 9 heteroatoms. The van der Waals surface area contributed by atoms with Crippen LogP contribution in [0, 0.1) is 5.92 Å². The minimum absolute atomic E-state index is 0.246. The van der Waals surface area contributed by atoms with Crippen LogP contribution in [0.4, 0.5) is 0 Å². The summed E-state index contributed by atoms with van der Waals surface area (Å²) >= 11 is 1.60. The second-order valence-electron chi connectivity index (χ2n) is 7.19. The summed E-state index contributed by atoms with van der Waals surface area (Å²) in [4.78, 5) is 29.0. The van der Waals surface area contributed by atoms with Crippen molar-refractivity contribution in [1.29, 1.82) is 0 Å². The van der Waals surface area contributed by atoms with Gasteiger partial charge in [-0.25, -0.2) is 10.5 Å². The van der Waals surface area contributed by atoms with Crippen molar-refractivity contribution in [1.82, 2.24) is 25.7 Å². The Balaban J connectivity index is 1.47. The number of imidazole rings is 1. The molecule has 0 unspecified atom stereocenters. The van der Waals surface area contributed by atoms with Crippen LogP contribution < -0.4 is 16.1 Å². The average Bonchev–Trinajstić information content (AvgIpc) is 3.38. The van der Waals surface area contributed by atoms with E-state index in [9.17, 15) is 9.59 Å². The number of carbonyl (C=O) groups excluding carboxylic acids is 2. The molecule has 156 valence electrons. The summed E-state index contributed by atoms with van der Waals surface area (Å²) in [6.07, 6.45) is 2.01. The fraction of sp³-hybridized carbons (Fsp3) is 0.286. The van der Waals surface area contributed by atoms with E-state index in [0.717, 1.165) is 21.8 Å². The summed E-state index contributed by atoms with van der Waals surface area (Å²) in [5.74, 6) is -1.25. The smallest absolute Gasteiger partial charge is 0.251 e. The van der Waals surface area contributed by atoms with Gasteiger partial charge in [-0.2, -0.15) is 0 Å². The van der Waals surface area contributed by atoms with Crippen LogP contribution >= 0.6 is 11.8 Å². The molecule has 2 amide bonds. The third kappa shape index (κ3) is 4.04. The molecule has 1 aliphatic heterocycles. The molecule has 8 nitrogen and oxygen atoms in total. The first-order valence-corrected chi connectivity index (χ1v) is 10.9. The van der Waals surface area contributed by atoms with Gasteiger partial charge in [-0.3, -0.25) is 14.8 Å². The fourth-order valence-electron chi connectivity index (χ4n) is 3.75. The predicted molar refractivity (Wildman–Crippen MR) is 115 cm³/mol. The predicted octanol–water partition coefficient (Wildman–Crippen LogP) is 1.63. The zero-order chi connectivity index (χ0) is 21.1. The van der Waals surface area contributed by atoms with E-state index in [-0.39, 0.29) is 11.9 Å². The highest BCUT2D eigenvalue weighted by Gasteiger charge is 2.34. The Morgan fingerprint density at radius 2 is 1.97 bits per heavy atom. The first-order chi connectivity index (χ1) is 14.6. The zero-order valence-corrected chi connectivity index (χ0v) is 17.3. The number of rotatable bonds is 6. The SMILES string of the molecule is CSc1nc2ccccc2n1Cc1ccc(C(=O)N[C@@H]2CNC[C@@H]2C(=O)NO)cc1. The third-order valence-electron chi connectivity index (χ3n) is 5.34. The lowest BCUT2D eigenvalue weighted by Crippen LogP contribution is -2.45. The quantitative estimate of drug-likeness (QED) is 0.272. The van der Waals surface area contributed by atoms with Gasteiger partial charge in [-0.1, -0.05) is 36.0 Å². The van der Waals surface area contributed by atoms with E-state index in [0.29, 0.717) is 25.2 Å². The molecule has 0 aliphatic carbocycles. The number of hydrogen-bond acceptors (Lipinski definition) is 6. The van der Waals surface area contributed by atoms with Crippen LogP contribution in [0.2, 0.25) is 0 Å². The number of benzene rings is 2. The van der Waals surface area contributed by atoms with Crippen molar-refractivity contribution in [3.05, 3.63) is 59.7 Å². The minimum atomic E-state index is -0.502. The lowest BCUT2D eigenvalue weighted by atomic mass is 10.0. The largest absolute Gasteiger partial charge is 0.347 e. The first-order valence-electron chi connectivity index (χ1n) is 9.64. The molecular formula is C21H23N5O3S. The molecule has 1 fully saturated rings. The molecular weight excluding hydrogens is 402 g/mol. The van der Waals surface area contributed by atoms with Gasteiger partial charge in [-0.05, 0) is 36.1 Å². The standard InChI is InChI=1S/C21H23N5O3S/c1-30-21-24-16-4-2-3-5-18(16)26(21)12-13-6-8-14(9-7-13)19(27)23-17-11-22-10-15(17)20(28)25-29/h2-9,15,17,22,29H,10-12H2,1H3,(H,23,27)(H,25,28)/t15-,17+/m0/s1. The van der Waals surface area contributed by atoms with Crippen molar-refractivity contribution < 1.29 is 14.8 Å². The number of hydroxylamine groups is 1. The maximum atomic E-state index is 12.6. The monoisotopic (exact) mass is 425 g/mol. The van der Waals surface area contributed by atoms with Crippen LogP contribution in [0.5, 0.6) is 0 Å². The number of aromatic nitrogens is 2. The van der Waals surface area contributed by atoms with Crippen LogP contribution in [-0.2, 0) is 11.3 Å². The Morgan fingerprint density at radius 1 is 1.20 bits per heavy atom. The van der Waals surface area contributed by atoms with Gasteiger partial charge in [0.2, 0.25) is 5.91 Å². The van der Waals surface area contributed by atoms with Gasteiger partial charge in [0.05, 0.1) is 29.5 Å². The van der Waals surface area contributed by atoms with Crippen LogP contribution in [0.25, 0.3) is 11.0 Å². The van der Waals surface area contributed by atoms with Crippen molar-refractivity contribution in [3.63, 3.8) is 0 Å². The Bertz CT molecular complexity index is 1070. The van der Waals surface area contributed by atoms with Crippen LogP contribution in [0.15, 0.2) is 53.7 Å². The molecule has 1 saturated heterocycles. The summed E-state index contributed by atoms with van der Waals surface area (Å²) < 4.78 is 2.16. The maximum Gasteiger partial charge on any atom is 0.251 e. The van der Waals surface area contributed by atoms with Crippen LogP contribution in [0.1, 0.15) is 15.9 Å². The van der Waals surface area contributed by atoms with E-state index in [1.165, 1.54) is 0 Å². The Morgan fingerprint density at radius 3 is 2.70 bits per heavy atom. The van der Waals surface area contributed by atoms with Crippen molar-refractivity contribution in [2.24, 2.45) is 5.92 Å².